The molecule has 5 rings (SSSR count). The third kappa shape index (κ3) is 4.98. The number of rotatable bonds is 6. The molecule has 2 aromatic carbocycles. The van der Waals surface area contributed by atoms with Crippen molar-refractivity contribution in [2.24, 2.45) is 0 Å². The van der Waals surface area contributed by atoms with Crippen molar-refractivity contribution in [3.05, 3.63) is 108 Å². The van der Waals surface area contributed by atoms with Crippen LogP contribution in [0.4, 0.5) is 4.39 Å². The monoisotopic (exact) mass is 456 g/mol. The molecule has 0 radical (unpaired) electrons. The molecule has 1 amide bonds. The topological polar surface area (TPSA) is 60.2 Å². The lowest BCUT2D eigenvalue weighted by molar-refractivity contribution is 0.0704. The maximum absolute atomic E-state index is 13.5. The first-order chi connectivity index (χ1) is 16.7. The predicted molar refractivity (Wildman–Crippen MR) is 126 cm³/mol. The molecule has 0 unspecified atom stereocenters. The summed E-state index contributed by atoms with van der Waals surface area (Å²) in [5, 5.41) is 4.27. The average Bonchev–Trinajstić information content (AvgIpc) is 3.37. The number of hydrogen-bond acceptors (Lipinski definition) is 4. The van der Waals surface area contributed by atoms with Crippen molar-refractivity contribution in [2.45, 2.75) is 25.3 Å². The number of hydrogen-bond donors (Lipinski definition) is 0. The van der Waals surface area contributed by atoms with Crippen LogP contribution in [0.5, 0.6) is 11.6 Å². The van der Waals surface area contributed by atoms with Gasteiger partial charge in [-0.2, -0.15) is 5.10 Å². The van der Waals surface area contributed by atoms with Gasteiger partial charge in [0.2, 0.25) is 5.88 Å². The summed E-state index contributed by atoms with van der Waals surface area (Å²) in [5.41, 5.74) is 2.52. The van der Waals surface area contributed by atoms with Gasteiger partial charge in [-0.1, -0.05) is 30.3 Å². The van der Waals surface area contributed by atoms with Gasteiger partial charge in [-0.05, 0) is 48.7 Å². The maximum Gasteiger partial charge on any atom is 0.254 e. The van der Waals surface area contributed by atoms with Crippen molar-refractivity contribution >= 4 is 5.91 Å². The van der Waals surface area contributed by atoms with Crippen molar-refractivity contribution in [1.29, 1.82) is 0 Å². The van der Waals surface area contributed by atoms with Crippen LogP contribution in [0.1, 0.15) is 40.4 Å². The van der Waals surface area contributed by atoms with Crippen LogP contribution in [-0.4, -0.2) is 38.7 Å². The van der Waals surface area contributed by atoms with E-state index >= 15 is 0 Å². The van der Waals surface area contributed by atoms with E-state index in [0.29, 0.717) is 36.8 Å². The zero-order chi connectivity index (χ0) is 23.3. The van der Waals surface area contributed by atoms with Crippen LogP contribution in [0.3, 0.4) is 0 Å². The molecule has 34 heavy (non-hydrogen) atoms. The molecule has 1 aliphatic heterocycles. The van der Waals surface area contributed by atoms with Crippen LogP contribution in [0.25, 0.3) is 0 Å². The molecule has 0 aliphatic carbocycles. The zero-order valence-electron chi connectivity index (χ0n) is 18.7. The van der Waals surface area contributed by atoms with Gasteiger partial charge in [-0.15, -0.1) is 0 Å². The molecule has 0 N–H and O–H groups in total. The van der Waals surface area contributed by atoms with E-state index in [1.165, 1.54) is 12.1 Å². The van der Waals surface area contributed by atoms with Gasteiger partial charge in [0.15, 0.2) is 0 Å². The molecule has 1 aliphatic rings. The number of pyridine rings is 1. The number of piperidine rings is 1. The number of carbonyl (C=O) groups is 1. The highest BCUT2D eigenvalue weighted by molar-refractivity contribution is 5.95. The molecule has 7 heteroatoms. The number of aromatic nitrogens is 3. The summed E-state index contributed by atoms with van der Waals surface area (Å²) in [6, 6.07) is 21.2. The van der Waals surface area contributed by atoms with Gasteiger partial charge in [-0.25, -0.2) is 9.37 Å². The van der Waals surface area contributed by atoms with Crippen LogP contribution >= 0.6 is 0 Å². The van der Waals surface area contributed by atoms with Gasteiger partial charge < -0.3 is 9.64 Å². The SMILES string of the molecule is O=C(c1ccccc1Cn1cccn1)N1CCC[C@H](c2cccc(Oc3cccc(F)c3)n2)C1. The molecule has 172 valence electrons. The average molecular weight is 457 g/mol. The number of halogens is 1. The molecule has 0 bridgehead atoms. The molecule has 6 nitrogen and oxygen atoms in total. The smallest absolute Gasteiger partial charge is 0.254 e. The number of benzene rings is 2. The van der Waals surface area contributed by atoms with Crippen molar-refractivity contribution in [3.8, 4) is 11.6 Å². The minimum absolute atomic E-state index is 0.0274. The Morgan fingerprint density at radius 3 is 2.79 bits per heavy atom. The Labute approximate surface area is 197 Å². The van der Waals surface area contributed by atoms with E-state index in [9.17, 15) is 9.18 Å². The molecule has 0 spiro atoms. The number of amides is 1. The van der Waals surface area contributed by atoms with Gasteiger partial charge in [0.25, 0.3) is 5.91 Å². The second-order valence-electron chi connectivity index (χ2n) is 8.41. The quantitative estimate of drug-likeness (QED) is 0.396. The summed E-state index contributed by atoms with van der Waals surface area (Å²) in [7, 11) is 0. The third-order valence-electron chi connectivity index (χ3n) is 6.03. The van der Waals surface area contributed by atoms with Crippen molar-refractivity contribution in [1.82, 2.24) is 19.7 Å². The minimum Gasteiger partial charge on any atom is -0.439 e. The van der Waals surface area contributed by atoms with Crippen molar-refractivity contribution < 1.29 is 13.9 Å². The third-order valence-corrected chi connectivity index (χ3v) is 6.03. The lowest BCUT2D eigenvalue weighted by atomic mass is 9.93. The minimum atomic E-state index is -0.358. The fourth-order valence-corrected chi connectivity index (χ4v) is 4.37. The molecule has 3 heterocycles. The summed E-state index contributed by atoms with van der Waals surface area (Å²) in [5.74, 6) is 0.588. The van der Waals surface area contributed by atoms with Gasteiger partial charge >= 0.3 is 0 Å². The maximum atomic E-state index is 13.5. The Balaban J connectivity index is 1.31. The summed E-state index contributed by atoms with van der Waals surface area (Å²) in [6.07, 6.45) is 5.46. The van der Waals surface area contributed by atoms with Gasteiger partial charge in [0, 0.05) is 54.8 Å². The highest BCUT2D eigenvalue weighted by Crippen LogP contribution is 2.29. The summed E-state index contributed by atoms with van der Waals surface area (Å²) in [4.78, 5) is 20.1. The first kappa shape index (κ1) is 21.8. The van der Waals surface area contributed by atoms with Crippen LogP contribution in [-0.2, 0) is 6.54 Å². The molecule has 4 aromatic rings. The fourth-order valence-electron chi connectivity index (χ4n) is 4.37. The lowest BCUT2D eigenvalue weighted by Gasteiger charge is -2.33. The van der Waals surface area contributed by atoms with Crippen LogP contribution in [0.2, 0.25) is 0 Å². The lowest BCUT2D eigenvalue weighted by Crippen LogP contribution is -2.39. The Hall–Kier alpha value is -4.00. The first-order valence-electron chi connectivity index (χ1n) is 11.4. The van der Waals surface area contributed by atoms with Crippen LogP contribution in [0, 0.1) is 5.82 Å². The van der Waals surface area contributed by atoms with E-state index in [0.717, 1.165) is 24.1 Å². The predicted octanol–water partition coefficient (Wildman–Crippen LogP) is 5.28. The summed E-state index contributed by atoms with van der Waals surface area (Å²) < 4.78 is 21.1. The standard InChI is InChI=1S/C27H25FN4O2/c28-22-9-3-10-23(17-22)34-26-13-4-12-25(30-26)21-8-5-15-31(18-21)27(33)24-11-2-1-7-20(24)19-32-16-6-14-29-32/h1-4,6-7,9-14,16-17,21H,5,8,15,18-19H2/t21-/m0/s1. The molecule has 2 aromatic heterocycles. The molecule has 1 saturated heterocycles. The largest absolute Gasteiger partial charge is 0.439 e. The van der Waals surface area contributed by atoms with Crippen molar-refractivity contribution in [2.75, 3.05) is 13.1 Å². The molecule has 0 saturated carbocycles. The van der Waals surface area contributed by atoms with E-state index in [2.05, 4.69) is 10.1 Å². The van der Waals surface area contributed by atoms with Crippen LogP contribution < -0.4 is 4.74 Å². The van der Waals surface area contributed by atoms with E-state index in [4.69, 9.17) is 4.74 Å². The fraction of sp³-hybridized carbons (Fsp3) is 0.222. The van der Waals surface area contributed by atoms with Crippen molar-refractivity contribution in [3.63, 3.8) is 0 Å². The number of nitrogens with zero attached hydrogens (tertiary/aromatic N) is 4. The molecule has 1 fully saturated rings. The van der Waals surface area contributed by atoms with Gasteiger partial charge in [-0.3, -0.25) is 9.48 Å². The number of ether oxygens (including phenoxy) is 1. The molecular formula is C27H25FN4O2. The number of carbonyl (C=O) groups excluding carboxylic acids is 1. The van der Waals surface area contributed by atoms with Crippen LogP contribution in [0.15, 0.2) is 85.2 Å². The normalized spacial score (nSPS) is 15.8. The Morgan fingerprint density at radius 1 is 1.06 bits per heavy atom. The molecular weight excluding hydrogens is 431 g/mol. The van der Waals surface area contributed by atoms with Gasteiger partial charge in [0.05, 0.1) is 6.54 Å². The summed E-state index contributed by atoms with van der Waals surface area (Å²) >= 11 is 0. The zero-order valence-corrected chi connectivity index (χ0v) is 18.7. The second-order valence-corrected chi connectivity index (χ2v) is 8.41. The highest BCUT2D eigenvalue weighted by atomic mass is 19.1. The highest BCUT2D eigenvalue weighted by Gasteiger charge is 2.27. The Kier molecular flexibility index (Phi) is 6.33. The van der Waals surface area contributed by atoms with Gasteiger partial charge in [0.1, 0.15) is 11.6 Å². The Bertz CT molecular complexity index is 1280. The first-order valence-corrected chi connectivity index (χ1v) is 11.4. The van der Waals surface area contributed by atoms with E-state index in [1.54, 1.807) is 24.4 Å². The second kappa shape index (κ2) is 9.87. The number of likely N-dealkylation sites (tertiary alicyclic amines) is 1. The Morgan fingerprint density at radius 2 is 1.94 bits per heavy atom. The van der Waals surface area contributed by atoms with E-state index < -0.39 is 0 Å². The summed E-state index contributed by atoms with van der Waals surface area (Å²) in [6.45, 7) is 1.85. The molecule has 1 atom stereocenters. The van der Waals surface area contributed by atoms with E-state index in [1.807, 2.05) is 58.2 Å². The van der Waals surface area contributed by atoms with E-state index in [-0.39, 0.29) is 17.6 Å².